The zero-order valence-electron chi connectivity index (χ0n) is 22.3. The molecule has 5 rings (SSSR count). The van der Waals surface area contributed by atoms with Crippen molar-refractivity contribution in [2.75, 3.05) is 25.2 Å². The van der Waals surface area contributed by atoms with Crippen LogP contribution in [0.15, 0.2) is 84.1 Å². The lowest BCUT2D eigenvalue weighted by atomic mass is 9.95. The molecular formula is C31H28N2O6S. The number of amides is 1. The van der Waals surface area contributed by atoms with E-state index in [4.69, 9.17) is 14.2 Å². The van der Waals surface area contributed by atoms with Crippen molar-refractivity contribution in [3.05, 3.63) is 95.3 Å². The number of aromatic nitrogens is 1. The highest BCUT2D eigenvalue weighted by molar-refractivity contribution is 7.22. The Morgan fingerprint density at radius 1 is 1.02 bits per heavy atom. The molecule has 1 aliphatic rings. The van der Waals surface area contributed by atoms with Gasteiger partial charge >= 0.3 is 0 Å². The first-order chi connectivity index (χ1) is 19.4. The topological polar surface area (TPSA) is 98.2 Å². The maximum absolute atomic E-state index is 13.6. The summed E-state index contributed by atoms with van der Waals surface area (Å²) in [6, 6.07) is 19.0. The third-order valence-corrected chi connectivity index (χ3v) is 7.39. The number of rotatable bonds is 10. The largest absolute Gasteiger partial charge is 0.503 e. The number of nitrogens with zero attached hydrogens (tertiary/aromatic N) is 2. The smallest absolute Gasteiger partial charge is 0.296 e. The predicted molar refractivity (Wildman–Crippen MR) is 155 cm³/mol. The second-order valence-corrected chi connectivity index (χ2v) is 9.86. The number of ether oxygens (including phenoxy) is 3. The van der Waals surface area contributed by atoms with E-state index < -0.39 is 23.5 Å². The zero-order chi connectivity index (χ0) is 28.2. The van der Waals surface area contributed by atoms with Gasteiger partial charge in [-0.1, -0.05) is 53.8 Å². The van der Waals surface area contributed by atoms with E-state index >= 15 is 0 Å². The molecule has 9 heteroatoms. The molecule has 0 radical (unpaired) electrons. The fraction of sp³-hybridized carbons (Fsp3) is 0.194. The van der Waals surface area contributed by atoms with Crippen molar-refractivity contribution in [3.8, 4) is 17.2 Å². The molecule has 40 heavy (non-hydrogen) atoms. The molecule has 0 fully saturated rings. The van der Waals surface area contributed by atoms with E-state index in [1.54, 1.807) is 43.5 Å². The summed E-state index contributed by atoms with van der Waals surface area (Å²) in [5.41, 5.74) is 2.00. The van der Waals surface area contributed by atoms with Gasteiger partial charge in [0, 0.05) is 0 Å². The van der Waals surface area contributed by atoms with Crippen LogP contribution < -0.4 is 19.1 Å². The minimum absolute atomic E-state index is 0.0411. The lowest BCUT2D eigenvalue weighted by Gasteiger charge is -2.25. The maximum atomic E-state index is 13.6. The Hall–Kier alpha value is -4.63. The van der Waals surface area contributed by atoms with Crippen LogP contribution in [0.5, 0.6) is 17.2 Å². The van der Waals surface area contributed by atoms with Gasteiger partial charge in [0.15, 0.2) is 28.2 Å². The molecular weight excluding hydrogens is 528 g/mol. The van der Waals surface area contributed by atoms with Crippen LogP contribution in [0, 0.1) is 0 Å². The molecule has 1 unspecified atom stereocenters. The number of methoxy groups -OCH3 is 1. The summed E-state index contributed by atoms with van der Waals surface area (Å²) in [7, 11) is 1.58. The van der Waals surface area contributed by atoms with Crippen LogP contribution in [-0.2, 0) is 9.59 Å². The van der Waals surface area contributed by atoms with E-state index in [1.165, 1.54) is 22.3 Å². The number of carbonyl (C=O) groups is 2. The number of hydrogen-bond donors (Lipinski definition) is 1. The Bertz CT molecular complexity index is 1630. The predicted octanol–water partition coefficient (Wildman–Crippen LogP) is 6.28. The number of thiazole rings is 1. The second-order valence-electron chi connectivity index (χ2n) is 8.85. The monoisotopic (exact) mass is 556 g/mol. The van der Waals surface area contributed by atoms with Crippen molar-refractivity contribution < 1.29 is 28.9 Å². The Kier molecular flexibility index (Phi) is 7.84. The third kappa shape index (κ3) is 5.15. The maximum Gasteiger partial charge on any atom is 0.296 e. The van der Waals surface area contributed by atoms with E-state index in [0.717, 1.165) is 10.3 Å². The molecule has 4 aromatic rings. The molecule has 8 nitrogen and oxygen atoms in total. The van der Waals surface area contributed by atoms with E-state index in [-0.39, 0.29) is 5.57 Å². The van der Waals surface area contributed by atoms with Crippen LogP contribution in [0.1, 0.15) is 31.0 Å². The third-order valence-electron chi connectivity index (χ3n) is 6.37. The van der Waals surface area contributed by atoms with Crippen molar-refractivity contribution in [1.29, 1.82) is 0 Å². The SMILES string of the molecule is CCOc1ccc(C2C(C(=O)C=Cc3ccccc3)=C(O)C(=O)N2c2nc3ccc(OC)cc3s2)cc1OCC. The Labute approximate surface area is 235 Å². The first kappa shape index (κ1) is 27.0. The highest BCUT2D eigenvalue weighted by Gasteiger charge is 2.45. The minimum Gasteiger partial charge on any atom is -0.503 e. The van der Waals surface area contributed by atoms with Crippen molar-refractivity contribution in [2.45, 2.75) is 19.9 Å². The van der Waals surface area contributed by atoms with Crippen LogP contribution in [0.25, 0.3) is 16.3 Å². The molecule has 204 valence electrons. The minimum atomic E-state index is -0.947. The van der Waals surface area contributed by atoms with E-state index in [2.05, 4.69) is 4.98 Å². The van der Waals surface area contributed by atoms with Crippen LogP contribution in [0.4, 0.5) is 5.13 Å². The van der Waals surface area contributed by atoms with E-state index in [0.29, 0.717) is 46.7 Å². The highest BCUT2D eigenvalue weighted by atomic mass is 32.1. The van der Waals surface area contributed by atoms with Crippen LogP contribution >= 0.6 is 11.3 Å². The number of aliphatic hydroxyl groups excluding tert-OH is 1. The lowest BCUT2D eigenvalue weighted by molar-refractivity contribution is -0.117. The number of ketones is 1. The first-order valence-corrected chi connectivity index (χ1v) is 13.6. The fourth-order valence-corrected chi connectivity index (χ4v) is 5.58. The standard InChI is InChI=1S/C31H28N2O6S/c1-4-38-24-16-12-20(17-25(24)39-5-2)28-27(23(34)15-11-19-9-7-6-8-10-19)29(35)30(36)33(28)31-32-22-14-13-21(37-3)18-26(22)40-31/h6-18,28,35H,4-5H2,1-3H3. The number of allylic oxidation sites excluding steroid dienone is 1. The normalized spacial score (nSPS) is 15.3. The molecule has 1 aliphatic heterocycles. The van der Waals surface area contributed by atoms with Gasteiger partial charge in [-0.15, -0.1) is 0 Å². The number of anilines is 1. The van der Waals surface area contributed by atoms with Crippen molar-refractivity contribution in [3.63, 3.8) is 0 Å². The number of aliphatic hydroxyl groups is 1. The fourth-order valence-electron chi connectivity index (χ4n) is 4.56. The molecule has 1 amide bonds. The highest BCUT2D eigenvalue weighted by Crippen LogP contribution is 2.45. The Morgan fingerprint density at radius 2 is 1.77 bits per heavy atom. The molecule has 0 aliphatic carbocycles. The molecule has 1 aromatic heterocycles. The summed E-state index contributed by atoms with van der Waals surface area (Å²) >= 11 is 1.27. The second kappa shape index (κ2) is 11.6. The summed E-state index contributed by atoms with van der Waals surface area (Å²) in [5, 5.41) is 11.4. The zero-order valence-corrected chi connectivity index (χ0v) is 23.1. The summed E-state index contributed by atoms with van der Waals surface area (Å²) in [6.45, 7) is 4.57. The average Bonchev–Trinajstić information content (AvgIpc) is 3.50. The van der Waals surface area contributed by atoms with Gasteiger partial charge in [-0.05, 0) is 61.4 Å². The average molecular weight is 557 g/mol. The molecule has 1 atom stereocenters. The molecule has 1 N–H and O–H groups in total. The number of hydrogen-bond acceptors (Lipinski definition) is 8. The molecule has 0 saturated heterocycles. The first-order valence-electron chi connectivity index (χ1n) is 12.8. The molecule has 3 aromatic carbocycles. The quantitative estimate of drug-likeness (QED) is 0.229. The summed E-state index contributed by atoms with van der Waals surface area (Å²) in [5.74, 6) is -0.141. The van der Waals surface area contributed by atoms with Gasteiger partial charge in [0.1, 0.15) is 5.75 Å². The number of carbonyl (C=O) groups excluding carboxylic acids is 2. The van der Waals surface area contributed by atoms with Crippen molar-refractivity contribution in [2.24, 2.45) is 0 Å². The van der Waals surface area contributed by atoms with Crippen LogP contribution in [0.2, 0.25) is 0 Å². The van der Waals surface area contributed by atoms with Crippen LogP contribution in [-0.4, -0.2) is 42.1 Å². The Balaban J connectivity index is 1.63. The van der Waals surface area contributed by atoms with Crippen LogP contribution in [0.3, 0.4) is 0 Å². The van der Waals surface area contributed by atoms with Gasteiger partial charge in [-0.25, -0.2) is 4.98 Å². The van der Waals surface area contributed by atoms with E-state index in [1.807, 2.05) is 50.2 Å². The van der Waals surface area contributed by atoms with Crippen molar-refractivity contribution in [1.82, 2.24) is 4.98 Å². The van der Waals surface area contributed by atoms with Gasteiger partial charge in [-0.2, -0.15) is 0 Å². The summed E-state index contributed by atoms with van der Waals surface area (Å²) in [4.78, 5) is 33.2. The van der Waals surface area contributed by atoms with Gasteiger partial charge in [0.25, 0.3) is 5.91 Å². The summed E-state index contributed by atoms with van der Waals surface area (Å²) < 4.78 is 17.7. The van der Waals surface area contributed by atoms with Gasteiger partial charge in [0.05, 0.1) is 42.2 Å². The number of benzene rings is 3. The van der Waals surface area contributed by atoms with Gasteiger partial charge in [0.2, 0.25) is 0 Å². The van der Waals surface area contributed by atoms with E-state index in [9.17, 15) is 14.7 Å². The molecule has 0 spiro atoms. The van der Waals surface area contributed by atoms with Gasteiger partial charge < -0.3 is 19.3 Å². The number of fused-ring (bicyclic) bond motifs is 1. The molecule has 2 heterocycles. The lowest BCUT2D eigenvalue weighted by Crippen LogP contribution is -2.30. The van der Waals surface area contributed by atoms with Crippen molar-refractivity contribution >= 4 is 44.5 Å². The summed E-state index contributed by atoms with van der Waals surface area (Å²) in [6.07, 6.45) is 3.02. The Morgan fingerprint density at radius 3 is 2.50 bits per heavy atom. The molecule has 0 saturated carbocycles. The van der Waals surface area contributed by atoms with Gasteiger partial charge in [-0.3, -0.25) is 14.5 Å². The molecule has 0 bridgehead atoms.